The van der Waals surface area contributed by atoms with Gasteiger partial charge < -0.3 is 8.83 Å². The van der Waals surface area contributed by atoms with Crippen molar-refractivity contribution in [3.63, 3.8) is 0 Å². The number of rotatable bonds is 0. The average molecular weight is 398 g/mol. The van der Waals surface area contributed by atoms with Crippen LogP contribution in [0.25, 0.3) is 71.2 Å². The molecule has 8 rings (SSSR count). The van der Waals surface area contributed by atoms with Gasteiger partial charge in [-0.25, -0.2) is 4.98 Å². The maximum absolute atomic E-state index is 6.51. The molecule has 4 heterocycles. The molecule has 144 valence electrons. The van der Waals surface area contributed by atoms with E-state index < -0.39 is 0 Å². The van der Waals surface area contributed by atoms with E-state index in [1.807, 2.05) is 42.7 Å². The number of aromatic nitrogens is 2. The fourth-order valence-corrected chi connectivity index (χ4v) is 5.21. The highest BCUT2D eigenvalue weighted by molar-refractivity contribution is 6.37. The first-order valence-corrected chi connectivity index (χ1v) is 10.3. The fraction of sp³-hybridized carbons (Fsp3) is 0. The van der Waals surface area contributed by atoms with Crippen LogP contribution in [0.2, 0.25) is 0 Å². The van der Waals surface area contributed by atoms with E-state index in [0.29, 0.717) is 0 Å². The lowest BCUT2D eigenvalue weighted by Gasteiger charge is -2.10. The standard InChI is InChI=1S/C27H14N2O2/c1-2-8-16-15(7-1)21-24(29-14-13-28-27(16)29)22-17-9-3-5-11-19(17)30-26(22)23-18-10-4-6-12-20(18)31-25(21)23/h1-14H. The smallest absolute Gasteiger partial charge is 0.149 e. The number of fused-ring (bicyclic) bond motifs is 15. The zero-order valence-corrected chi connectivity index (χ0v) is 16.3. The van der Waals surface area contributed by atoms with Crippen molar-refractivity contribution in [1.29, 1.82) is 0 Å². The van der Waals surface area contributed by atoms with Gasteiger partial charge in [-0.1, -0.05) is 60.7 Å². The highest BCUT2D eigenvalue weighted by Crippen LogP contribution is 2.46. The third kappa shape index (κ3) is 1.75. The van der Waals surface area contributed by atoms with Gasteiger partial charge in [0.15, 0.2) is 0 Å². The first-order chi connectivity index (χ1) is 15.4. The topological polar surface area (TPSA) is 43.6 Å². The zero-order chi connectivity index (χ0) is 20.1. The molecule has 0 saturated carbocycles. The Labute approximate surface area is 174 Å². The molecule has 0 atom stereocenters. The summed E-state index contributed by atoms with van der Waals surface area (Å²) in [7, 11) is 0. The second-order valence-corrected chi connectivity index (χ2v) is 7.99. The molecular weight excluding hydrogens is 384 g/mol. The molecule has 0 N–H and O–H groups in total. The Balaban J connectivity index is 1.88. The van der Waals surface area contributed by atoms with Crippen LogP contribution in [-0.4, -0.2) is 9.38 Å². The highest BCUT2D eigenvalue weighted by atomic mass is 16.3. The van der Waals surface area contributed by atoms with Crippen LogP contribution in [0.5, 0.6) is 0 Å². The Bertz CT molecular complexity index is 2000. The van der Waals surface area contributed by atoms with Gasteiger partial charge in [0.1, 0.15) is 28.0 Å². The average Bonchev–Trinajstić information content (AvgIpc) is 3.53. The van der Waals surface area contributed by atoms with Crippen LogP contribution >= 0.6 is 0 Å². The molecule has 0 bridgehead atoms. The minimum absolute atomic E-state index is 0.856. The molecule has 0 aliphatic rings. The zero-order valence-electron chi connectivity index (χ0n) is 16.3. The molecule has 4 aromatic heterocycles. The van der Waals surface area contributed by atoms with Gasteiger partial charge in [0, 0.05) is 28.6 Å². The molecule has 0 fully saturated rings. The number of hydrogen-bond acceptors (Lipinski definition) is 3. The molecule has 0 aliphatic heterocycles. The molecule has 0 spiro atoms. The minimum atomic E-state index is 0.856. The molecule has 0 radical (unpaired) electrons. The maximum atomic E-state index is 6.51. The van der Waals surface area contributed by atoms with Crippen molar-refractivity contribution in [1.82, 2.24) is 9.38 Å². The van der Waals surface area contributed by atoms with Crippen LogP contribution in [0.15, 0.2) is 94.0 Å². The Hall–Kier alpha value is -4.31. The van der Waals surface area contributed by atoms with Crippen molar-refractivity contribution in [3.05, 3.63) is 85.2 Å². The third-order valence-corrected chi connectivity index (χ3v) is 6.44. The monoisotopic (exact) mass is 398 g/mol. The predicted molar refractivity (Wildman–Crippen MR) is 125 cm³/mol. The van der Waals surface area contributed by atoms with Gasteiger partial charge in [0.25, 0.3) is 0 Å². The molecule has 31 heavy (non-hydrogen) atoms. The quantitative estimate of drug-likeness (QED) is 0.249. The summed E-state index contributed by atoms with van der Waals surface area (Å²) in [6, 6.07) is 24.8. The van der Waals surface area contributed by atoms with Crippen molar-refractivity contribution in [3.8, 4) is 0 Å². The largest absolute Gasteiger partial charge is 0.455 e. The number of hydrogen-bond donors (Lipinski definition) is 0. The number of nitrogens with zero attached hydrogens (tertiary/aromatic N) is 2. The van der Waals surface area contributed by atoms with Crippen molar-refractivity contribution in [2.45, 2.75) is 0 Å². The van der Waals surface area contributed by atoms with E-state index >= 15 is 0 Å². The van der Waals surface area contributed by atoms with Gasteiger partial charge in [-0.15, -0.1) is 0 Å². The van der Waals surface area contributed by atoms with Crippen molar-refractivity contribution >= 4 is 71.2 Å². The minimum Gasteiger partial charge on any atom is -0.455 e. The second-order valence-electron chi connectivity index (χ2n) is 7.99. The van der Waals surface area contributed by atoms with Gasteiger partial charge in [0.05, 0.1) is 21.7 Å². The number of pyridine rings is 1. The number of para-hydroxylation sites is 2. The SMILES string of the molecule is c1ccc2c(c1)oc1c2c2oc3ccccc3c2c2c1c1ccccc1c1nccn12. The Morgan fingerprint density at radius 1 is 0.581 bits per heavy atom. The van der Waals surface area contributed by atoms with Crippen LogP contribution in [0.3, 0.4) is 0 Å². The normalized spacial score (nSPS) is 12.5. The molecule has 0 unspecified atom stereocenters. The predicted octanol–water partition coefficient (Wildman–Crippen LogP) is 7.44. The Kier molecular flexibility index (Phi) is 2.62. The van der Waals surface area contributed by atoms with Crippen LogP contribution in [0.4, 0.5) is 0 Å². The third-order valence-electron chi connectivity index (χ3n) is 6.44. The maximum Gasteiger partial charge on any atom is 0.149 e. The summed E-state index contributed by atoms with van der Waals surface area (Å²) in [6.45, 7) is 0. The fourth-order valence-electron chi connectivity index (χ4n) is 5.21. The first kappa shape index (κ1) is 15.5. The number of imidazole rings is 1. The van der Waals surface area contributed by atoms with E-state index in [1.54, 1.807) is 0 Å². The van der Waals surface area contributed by atoms with Crippen LogP contribution in [-0.2, 0) is 0 Å². The van der Waals surface area contributed by atoms with Gasteiger partial charge in [-0.3, -0.25) is 4.40 Å². The summed E-state index contributed by atoms with van der Waals surface area (Å²) in [5.41, 5.74) is 5.45. The van der Waals surface area contributed by atoms with Gasteiger partial charge >= 0.3 is 0 Å². The van der Waals surface area contributed by atoms with Crippen molar-refractivity contribution < 1.29 is 8.83 Å². The van der Waals surface area contributed by atoms with Crippen molar-refractivity contribution in [2.75, 3.05) is 0 Å². The molecule has 8 aromatic rings. The van der Waals surface area contributed by atoms with Crippen LogP contribution in [0.1, 0.15) is 0 Å². The molecule has 4 heteroatoms. The second kappa shape index (κ2) is 5.24. The molecule has 0 amide bonds. The van der Waals surface area contributed by atoms with E-state index in [2.05, 4.69) is 46.9 Å². The van der Waals surface area contributed by atoms with Gasteiger partial charge in [0.2, 0.25) is 0 Å². The Morgan fingerprint density at radius 3 is 1.84 bits per heavy atom. The summed E-state index contributed by atoms with van der Waals surface area (Å²) in [6.07, 6.45) is 3.89. The lowest BCUT2D eigenvalue weighted by molar-refractivity contribution is 0.665. The summed E-state index contributed by atoms with van der Waals surface area (Å²) in [4.78, 5) is 4.69. The van der Waals surface area contributed by atoms with E-state index in [0.717, 1.165) is 71.2 Å². The molecule has 4 nitrogen and oxygen atoms in total. The van der Waals surface area contributed by atoms with Crippen LogP contribution < -0.4 is 0 Å². The summed E-state index contributed by atoms with van der Waals surface area (Å²) in [5.74, 6) is 0. The number of furan rings is 2. The van der Waals surface area contributed by atoms with E-state index in [9.17, 15) is 0 Å². The lowest BCUT2D eigenvalue weighted by atomic mass is 9.99. The number of benzene rings is 4. The molecular formula is C27H14N2O2. The van der Waals surface area contributed by atoms with E-state index in [1.165, 1.54) is 0 Å². The van der Waals surface area contributed by atoms with Crippen molar-refractivity contribution in [2.24, 2.45) is 0 Å². The van der Waals surface area contributed by atoms with Gasteiger partial charge in [-0.05, 0) is 17.5 Å². The molecule has 0 saturated heterocycles. The van der Waals surface area contributed by atoms with E-state index in [-0.39, 0.29) is 0 Å². The first-order valence-electron chi connectivity index (χ1n) is 10.3. The molecule has 0 aliphatic carbocycles. The lowest BCUT2D eigenvalue weighted by Crippen LogP contribution is -1.92. The van der Waals surface area contributed by atoms with Crippen LogP contribution in [0, 0.1) is 0 Å². The van der Waals surface area contributed by atoms with E-state index in [4.69, 9.17) is 13.8 Å². The summed E-state index contributed by atoms with van der Waals surface area (Å²) >= 11 is 0. The molecule has 4 aromatic carbocycles. The Morgan fingerprint density at radius 2 is 1.13 bits per heavy atom. The van der Waals surface area contributed by atoms with Gasteiger partial charge in [-0.2, -0.15) is 0 Å². The summed E-state index contributed by atoms with van der Waals surface area (Å²) < 4.78 is 15.2. The summed E-state index contributed by atoms with van der Waals surface area (Å²) in [5, 5.41) is 7.61. The highest BCUT2D eigenvalue weighted by Gasteiger charge is 2.24.